The third kappa shape index (κ3) is 4.06. The number of carbonyl (C=O) groups excluding carboxylic acids is 1. The van der Waals surface area contributed by atoms with Crippen LogP contribution in [0.15, 0.2) is 37.0 Å². The summed E-state index contributed by atoms with van der Waals surface area (Å²) in [6, 6.07) is 3.83. The van der Waals surface area contributed by atoms with E-state index in [-0.39, 0.29) is 11.4 Å². The van der Waals surface area contributed by atoms with E-state index in [1.54, 1.807) is 0 Å². The Balaban J connectivity index is 2.31. The van der Waals surface area contributed by atoms with Gasteiger partial charge in [0.1, 0.15) is 5.75 Å². The van der Waals surface area contributed by atoms with Crippen LogP contribution in [0.2, 0.25) is 0 Å². The van der Waals surface area contributed by atoms with Crippen molar-refractivity contribution in [2.45, 2.75) is 6.36 Å². The molecule has 0 N–H and O–H groups in total. The van der Waals surface area contributed by atoms with Gasteiger partial charge in [0, 0.05) is 12.3 Å². The van der Waals surface area contributed by atoms with Gasteiger partial charge in [-0.15, -0.1) is 13.2 Å². The van der Waals surface area contributed by atoms with Crippen LogP contribution in [0.25, 0.3) is 6.08 Å². The Morgan fingerprint density at radius 3 is 2.52 bits per heavy atom. The first kappa shape index (κ1) is 16.5. The summed E-state index contributed by atoms with van der Waals surface area (Å²) >= 11 is 0. The van der Waals surface area contributed by atoms with Crippen LogP contribution in [0.1, 0.15) is 15.9 Å². The molecule has 0 saturated carbocycles. The monoisotopic (exact) mass is 327 g/mol. The number of halogens is 4. The highest BCUT2D eigenvalue weighted by Crippen LogP contribution is 2.31. The summed E-state index contributed by atoms with van der Waals surface area (Å²) in [5.74, 6) is -2.43. The second-order valence-corrected chi connectivity index (χ2v) is 4.18. The van der Waals surface area contributed by atoms with Gasteiger partial charge in [-0.2, -0.15) is 0 Å². The number of pyridine rings is 1. The smallest absolute Gasteiger partial charge is 0.435 e. The minimum Gasteiger partial charge on any atom is -0.435 e. The molecule has 0 bridgehead atoms. The van der Waals surface area contributed by atoms with E-state index < -0.39 is 23.7 Å². The van der Waals surface area contributed by atoms with Gasteiger partial charge in [-0.25, -0.2) is 9.37 Å². The predicted octanol–water partition coefficient (Wildman–Crippen LogP) is 4.37. The maximum Gasteiger partial charge on any atom is 0.573 e. The summed E-state index contributed by atoms with van der Waals surface area (Å²) in [6.45, 7) is 3.51. The number of hydrogen-bond acceptors (Lipinski definition) is 4. The maximum atomic E-state index is 13.8. The molecule has 0 aliphatic heterocycles. The van der Waals surface area contributed by atoms with Crippen molar-refractivity contribution in [3.8, 4) is 17.4 Å². The molecule has 8 heteroatoms. The van der Waals surface area contributed by atoms with Crippen molar-refractivity contribution in [1.82, 2.24) is 4.98 Å². The molecule has 1 heterocycles. The first-order valence-corrected chi connectivity index (χ1v) is 6.14. The van der Waals surface area contributed by atoms with Crippen LogP contribution in [-0.4, -0.2) is 17.6 Å². The van der Waals surface area contributed by atoms with E-state index in [4.69, 9.17) is 4.74 Å². The minimum absolute atomic E-state index is 0.0394. The van der Waals surface area contributed by atoms with Gasteiger partial charge in [0.05, 0.1) is 5.56 Å². The van der Waals surface area contributed by atoms with E-state index in [1.807, 2.05) is 0 Å². The third-order valence-electron chi connectivity index (χ3n) is 2.67. The Hall–Kier alpha value is -2.90. The Kier molecular flexibility index (Phi) is 4.63. The molecule has 0 unspecified atom stereocenters. The Morgan fingerprint density at radius 1 is 1.22 bits per heavy atom. The Labute approximate surface area is 128 Å². The first-order valence-electron chi connectivity index (χ1n) is 6.14. The fourth-order valence-corrected chi connectivity index (χ4v) is 1.71. The van der Waals surface area contributed by atoms with E-state index in [0.717, 1.165) is 12.1 Å². The lowest BCUT2D eigenvalue weighted by atomic mass is 10.1. The standard InChI is InChI=1S/C15H9F4NO3/c1-2-9-5-6-20-14(11(9)8-21)22-13-4-3-10(7-12(13)16)23-15(17,18)19/h2-8H,1H2. The summed E-state index contributed by atoms with van der Waals surface area (Å²) in [7, 11) is 0. The SMILES string of the molecule is C=Cc1ccnc(Oc2ccc(OC(F)(F)F)cc2F)c1C=O. The van der Waals surface area contributed by atoms with Crippen LogP contribution >= 0.6 is 0 Å². The number of nitrogens with zero attached hydrogens (tertiary/aromatic N) is 1. The van der Waals surface area contributed by atoms with E-state index in [0.29, 0.717) is 17.9 Å². The van der Waals surface area contributed by atoms with Crippen LogP contribution in [0.4, 0.5) is 17.6 Å². The predicted molar refractivity (Wildman–Crippen MR) is 72.9 cm³/mol. The molecule has 0 saturated heterocycles. The van der Waals surface area contributed by atoms with Gasteiger partial charge in [0.15, 0.2) is 17.9 Å². The lowest BCUT2D eigenvalue weighted by molar-refractivity contribution is -0.274. The van der Waals surface area contributed by atoms with Crippen molar-refractivity contribution in [2.24, 2.45) is 0 Å². The number of alkyl halides is 3. The molecule has 2 rings (SSSR count). The lowest BCUT2D eigenvalue weighted by Gasteiger charge is -2.12. The Bertz CT molecular complexity index is 744. The summed E-state index contributed by atoms with van der Waals surface area (Å²) < 4.78 is 58.8. The molecule has 2 aromatic rings. The highest BCUT2D eigenvalue weighted by Gasteiger charge is 2.31. The van der Waals surface area contributed by atoms with E-state index in [1.165, 1.54) is 18.3 Å². The average Bonchev–Trinajstić information content (AvgIpc) is 2.48. The number of benzene rings is 1. The molecule has 23 heavy (non-hydrogen) atoms. The average molecular weight is 327 g/mol. The number of rotatable bonds is 5. The number of hydrogen-bond donors (Lipinski definition) is 0. The van der Waals surface area contributed by atoms with Gasteiger partial charge in [0.25, 0.3) is 0 Å². The van der Waals surface area contributed by atoms with Gasteiger partial charge in [0.2, 0.25) is 5.88 Å². The normalized spacial score (nSPS) is 11.0. The van der Waals surface area contributed by atoms with Crippen LogP contribution in [0.5, 0.6) is 17.4 Å². The molecular weight excluding hydrogens is 318 g/mol. The van der Waals surface area contributed by atoms with Crippen LogP contribution in [0.3, 0.4) is 0 Å². The van der Waals surface area contributed by atoms with Gasteiger partial charge >= 0.3 is 6.36 Å². The third-order valence-corrected chi connectivity index (χ3v) is 2.67. The maximum absolute atomic E-state index is 13.8. The highest BCUT2D eigenvalue weighted by atomic mass is 19.4. The zero-order chi connectivity index (χ0) is 17.0. The molecule has 0 spiro atoms. The lowest BCUT2D eigenvalue weighted by Crippen LogP contribution is -2.17. The van der Waals surface area contributed by atoms with Crippen LogP contribution in [0, 0.1) is 5.82 Å². The molecular formula is C15H9F4NO3. The zero-order valence-electron chi connectivity index (χ0n) is 11.4. The van der Waals surface area contributed by atoms with Gasteiger partial charge in [-0.05, 0) is 23.8 Å². The second kappa shape index (κ2) is 6.47. The fraction of sp³-hybridized carbons (Fsp3) is 0.0667. The summed E-state index contributed by atoms with van der Waals surface area (Å²) in [5.41, 5.74) is 0.458. The molecule has 1 aromatic heterocycles. The first-order chi connectivity index (χ1) is 10.8. The van der Waals surface area contributed by atoms with Crippen molar-refractivity contribution < 1.29 is 31.8 Å². The fourth-order valence-electron chi connectivity index (χ4n) is 1.71. The molecule has 0 aliphatic carbocycles. The molecule has 0 radical (unpaired) electrons. The van der Waals surface area contributed by atoms with Crippen molar-refractivity contribution >= 4 is 12.4 Å². The molecule has 0 amide bonds. The minimum atomic E-state index is -4.93. The second-order valence-electron chi connectivity index (χ2n) is 4.18. The zero-order valence-corrected chi connectivity index (χ0v) is 11.4. The van der Waals surface area contributed by atoms with Crippen LogP contribution in [-0.2, 0) is 0 Å². The summed E-state index contributed by atoms with van der Waals surface area (Å²) in [6.07, 6.45) is -1.77. The molecule has 1 aromatic carbocycles. The molecule has 4 nitrogen and oxygen atoms in total. The van der Waals surface area contributed by atoms with Gasteiger partial charge < -0.3 is 9.47 Å². The van der Waals surface area contributed by atoms with Crippen molar-refractivity contribution in [3.63, 3.8) is 0 Å². The molecule has 120 valence electrons. The van der Waals surface area contributed by atoms with Crippen molar-refractivity contribution in [1.29, 1.82) is 0 Å². The quantitative estimate of drug-likeness (QED) is 0.604. The van der Waals surface area contributed by atoms with Crippen molar-refractivity contribution in [3.05, 3.63) is 54.0 Å². The van der Waals surface area contributed by atoms with E-state index in [9.17, 15) is 22.4 Å². The summed E-state index contributed by atoms with van der Waals surface area (Å²) in [4.78, 5) is 14.9. The largest absolute Gasteiger partial charge is 0.573 e. The molecule has 0 aliphatic rings. The summed E-state index contributed by atoms with van der Waals surface area (Å²) in [5, 5.41) is 0. The molecule has 0 fully saturated rings. The Morgan fingerprint density at radius 2 is 1.96 bits per heavy atom. The number of aromatic nitrogens is 1. The van der Waals surface area contributed by atoms with E-state index in [2.05, 4.69) is 16.3 Å². The molecule has 0 atom stereocenters. The van der Waals surface area contributed by atoms with Crippen molar-refractivity contribution in [2.75, 3.05) is 0 Å². The van der Waals surface area contributed by atoms with Gasteiger partial charge in [-0.3, -0.25) is 4.79 Å². The number of carbonyl (C=O) groups is 1. The van der Waals surface area contributed by atoms with Gasteiger partial charge in [-0.1, -0.05) is 12.7 Å². The number of aldehydes is 1. The van der Waals surface area contributed by atoms with Crippen LogP contribution < -0.4 is 9.47 Å². The van der Waals surface area contributed by atoms with E-state index >= 15 is 0 Å². The number of ether oxygens (including phenoxy) is 2. The highest BCUT2D eigenvalue weighted by molar-refractivity contribution is 5.84. The topological polar surface area (TPSA) is 48.4 Å².